The maximum absolute atomic E-state index is 14.4. The minimum Gasteiger partial charge on any atom is -0.390 e. The summed E-state index contributed by atoms with van der Waals surface area (Å²) in [6.45, 7) is 3.45. The van der Waals surface area contributed by atoms with Gasteiger partial charge in [-0.05, 0) is 67.5 Å². The Bertz CT molecular complexity index is 1200. The van der Waals surface area contributed by atoms with Gasteiger partial charge in [0.2, 0.25) is 0 Å². The Hall–Kier alpha value is -3.30. The zero-order valence-corrected chi connectivity index (χ0v) is 18.6. The Balaban J connectivity index is 1.63. The number of nitrogens with zero attached hydrogens (tertiary/aromatic N) is 2. The molecule has 0 aliphatic heterocycles. The molecule has 1 aromatic carbocycles. The van der Waals surface area contributed by atoms with Gasteiger partial charge in [0.1, 0.15) is 28.8 Å². The fourth-order valence-corrected chi connectivity index (χ4v) is 4.37. The molecule has 6 nitrogen and oxygen atoms in total. The van der Waals surface area contributed by atoms with Crippen LogP contribution in [-0.2, 0) is 0 Å². The summed E-state index contributed by atoms with van der Waals surface area (Å²) in [6, 6.07) is 6.87. The molecule has 0 spiro atoms. The monoisotopic (exact) mass is 471 g/mol. The van der Waals surface area contributed by atoms with Gasteiger partial charge in [-0.2, -0.15) is 0 Å². The van der Waals surface area contributed by atoms with E-state index in [2.05, 4.69) is 15.3 Å². The molecular weight excluding hydrogens is 447 g/mol. The number of hydrogen-bond donors (Lipinski definition) is 3. The molecule has 0 saturated heterocycles. The number of aliphatic hydroxyl groups is 2. The highest BCUT2D eigenvalue weighted by Crippen LogP contribution is 2.43. The van der Waals surface area contributed by atoms with Crippen LogP contribution in [0.5, 0.6) is 0 Å². The van der Waals surface area contributed by atoms with Gasteiger partial charge in [0.05, 0.1) is 29.2 Å². The van der Waals surface area contributed by atoms with Crippen molar-refractivity contribution >= 4 is 11.6 Å². The molecule has 1 aliphatic carbocycles. The number of carbonyl (C=O) groups is 1. The van der Waals surface area contributed by atoms with Crippen LogP contribution < -0.4 is 5.32 Å². The van der Waals surface area contributed by atoms with Crippen LogP contribution in [0, 0.1) is 23.4 Å². The van der Waals surface area contributed by atoms with Crippen molar-refractivity contribution in [2.75, 3.05) is 5.32 Å². The van der Waals surface area contributed by atoms with Crippen LogP contribution in [-0.4, -0.2) is 37.8 Å². The van der Waals surface area contributed by atoms with Crippen LogP contribution in [0.25, 0.3) is 11.3 Å². The summed E-state index contributed by atoms with van der Waals surface area (Å²) in [5.41, 5.74) is -1.65. The molecule has 3 N–H and O–H groups in total. The molecule has 34 heavy (non-hydrogen) atoms. The van der Waals surface area contributed by atoms with Crippen molar-refractivity contribution in [3.8, 4) is 11.3 Å². The largest absolute Gasteiger partial charge is 0.390 e. The SMILES string of the molecule is C[C@@H]1C[C@H](c2ccncc2NC(=O)c2ccc(F)c(-c3c(F)cccc3F)n2)C[C@H](O)[C@@]1(C)O. The third kappa shape index (κ3) is 4.41. The number of halogens is 3. The fraction of sp³-hybridized carbons (Fsp3) is 0.320. The number of nitrogens with one attached hydrogen (secondary N) is 1. The summed E-state index contributed by atoms with van der Waals surface area (Å²) in [6.07, 6.45) is 2.91. The maximum atomic E-state index is 14.4. The average Bonchev–Trinajstić information content (AvgIpc) is 2.79. The highest BCUT2D eigenvalue weighted by molar-refractivity contribution is 6.03. The average molecular weight is 471 g/mol. The van der Waals surface area contributed by atoms with Crippen molar-refractivity contribution in [2.24, 2.45) is 5.92 Å². The highest BCUT2D eigenvalue weighted by atomic mass is 19.1. The van der Waals surface area contributed by atoms with E-state index in [0.717, 1.165) is 30.3 Å². The second-order valence-corrected chi connectivity index (χ2v) is 8.85. The lowest BCUT2D eigenvalue weighted by Gasteiger charge is -2.43. The van der Waals surface area contributed by atoms with Gasteiger partial charge >= 0.3 is 0 Å². The van der Waals surface area contributed by atoms with E-state index in [9.17, 15) is 28.2 Å². The summed E-state index contributed by atoms with van der Waals surface area (Å²) in [5.74, 6) is -4.05. The Kier molecular flexibility index (Phi) is 6.42. The van der Waals surface area contributed by atoms with Crippen LogP contribution in [0.1, 0.15) is 48.7 Å². The van der Waals surface area contributed by atoms with Crippen molar-refractivity contribution in [2.45, 2.75) is 44.3 Å². The van der Waals surface area contributed by atoms with Gasteiger partial charge < -0.3 is 15.5 Å². The van der Waals surface area contributed by atoms with E-state index in [-0.39, 0.29) is 24.0 Å². The lowest BCUT2D eigenvalue weighted by Crippen LogP contribution is -2.49. The molecule has 3 aromatic rings. The topological polar surface area (TPSA) is 95.3 Å². The van der Waals surface area contributed by atoms with E-state index in [1.807, 2.05) is 6.92 Å². The molecule has 2 heterocycles. The summed E-state index contributed by atoms with van der Waals surface area (Å²) in [4.78, 5) is 20.9. The molecule has 1 aliphatic rings. The van der Waals surface area contributed by atoms with Crippen molar-refractivity contribution in [3.05, 3.63) is 77.5 Å². The van der Waals surface area contributed by atoms with E-state index in [1.54, 1.807) is 19.2 Å². The molecule has 4 rings (SSSR count). The first-order valence-electron chi connectivity index (χ1n) is 10.9. The summed E-state index contributed by atoms with van der Waals surface area (Å²) in [5, 5.41) is 23.6. The van der Waals surface area contributed by atoms with Crippen molar-refractivity contribution in [1.29, 1.82) is 0 Å². The van der Waals surface area contributed by atoms with Gasteiger partial charge in [0.15, 0.2) is 0 Å². The number of anilines is 1. The van der Waals surface area contributed by atoms with E-state index in [0.29, 0.717) is 17.7 Å². The van der Waals surface area contributed by atoms with E-state index in [1.165, 1.54) is 6.20 Å². The second kappa shape index (κ2) is 9.15. The molecule has 1 amide bonds. The van der Waals surface area contributed by atoms with Gasteiger partial charge in [0.25, 0.3) is 5.91 Å². The fourth-order valence-electron chi connectivity index (χ4n) is 4.37. The van der Waals surface area contributed by atoms with Crippen molar-refractivity contribution in [1.82, 2.24) is 9.97 Å². The third-order valence-corrected chi connectivity index (χ3v) is 6.64. The summed E-state index contributed by atoms with van der Waals surface area (Å²) < 4.78 is 42.7. The molecule has 2 aromatic heterocycles. The molecule has 0 radical (unpaired) electrons. The van der Waals surface area contributed by atoms with Crippen LogP contribution in [0.4, 0.5) is 18.9 Å². The lowest BCUT2D eigenvalue weighted by molar-refractivity contribution is -0.123. The van der Waals surface area contributed by atoms with Crippen LogP contribution in [0.15, 0.2) is 48.8 Å². The number of hydrogen-bond acceptors (Lipinski definition) is 5. The van der Waals surface area contributed by atoms with E-state index in [4.69, 9.17) is 0 Å². The molecule has 1 fully saturated rings. The summed E-state index contributed by atoms with van der Waals surface area (Å²) >= 11 is 0. The minimum absolute atomic E-state index is 0.159. The number of aliphatic hydroxyl groups excluding tert-OH is 1. The van der Waals surface area contributed by atoms with Gasteiger partial charge in [0, 0.05) is 6.20 Å². The number of benzene rings is 1. The quantitative estimate of drug-likeness (QED) is 0.523. The predicted molar refractivity (Wildman–Crippen MR) is 120 cm³/mol. The number of carbonyl (C=O) groups excluding carboxylic acids is 1. The first-order valence-corrected chi connectivity index (χ1v) is 10.9. The zero-order valence-electron chi connectivity index (χ0n) is 18.6. The summed E-state index contributed by atoms with van der Waals surface area (Å²) in [7, 11) is 0. The lowest BCUT2D eigenvalue weighted by atomic mass is 9.69. The smallest absolute Gasteiger partial charge is 0.274 e. The molecule has 1 saturated carbocycles. The predicted octanol–water partition coefficient (Wildman–Crippen LogP) is 4.44. The number of aromatic nitrogens is 2. The molecule has 0 bridgehead atoms. The maximum Gasteiger partial charge on any atom is 0.274 e. The van der Waals surface area contributed by atoms with Gasteiger partial charge in [-0.25, -0.2) is 18.2 Å². The van der Waals surface area contributed by atoms with E-state index < -0.39 is 46.3 Å². The van der Waals surface area contributed by atoms with E-state index >= 15 is 0 Å². The Morgan fingerprint density at radius 3 is 2.47 bits per heavy atom. The van der Waals surface area contributed by atoms with Gasteiger partial charge in [-0.1, -0.05) is 13.0 Å². The molecule has 4 atom stereocenters. The Morgan fingerprint density at radius 1 is 1.09 bits per heavy atom. The number of pyridine rings is 2. The Labute approximate surface area is 194 Å². The van der Waals surface area contributed by atoms with Crippen LogP contribution >= 0.6 is 0 Å². The normalized spacial score (nSPS) is 24.6. The second-order valence-electron chi connectivity index (χ2n) is 8.85. The van der Waals surface area contributed by atoms with Crippen LogP contribution in [0.2, 0.25) is 0 Å². The molecule has 178 valence electrons. The van der Waals surface area contributed by atoms with Gasteiger partial charge in [-0.3, -0.25) is 9.78 Å². The van der Waals surface area contributed by atoms with Gasteiger partial charge in [-0.15, -0.1) is 0 Å². The van der Waals surface area contributed by atoms with Crippen molar-refractivity contribution < 1.29 is 28.2 Å². The first kappa shape index (κ1) is 23.8. The number of rotatable bonds is 4. The Morgan fingerprint density at radius 2 is 1.79 bits per heavy atom. The third-order valence-electron chi connectivity index (χ3n) is 6.64. The molecule has 9 heteroatoms. The zero-order chi connectivity index (χ0) is 24.6. The minimum atomic E-state index is -1.22. The number of amides is 1. The van der Waals surface area contributed by atoms with Crippen molar-refractivity contribution in [3.63, 3.8) is 0 Å². The van der Waals surface area contributed by atoms with Crippen LogP contribution in [0.3, 0.4) is 0 Å². The first-order chi connectivity index (χ1) is 16.1. The standard InChI is InChI=1S/C25H24F3N3O3/c1-13-10-14(11-21(32)25(13,2)34)15-8-9-29-12-20(15)31-24(33)19-7-6-18(28)23(30-19)22-16(26)4-3-5-17(22)27/h3-9,12-14,21,32,34H,10-11H2,1-2H3,(H,31,33)/t13-,14+,21+,25+/m1/s1. The molecule has 0 unspecified atom stereocenters. The molecular formula is C25H24F3N3O3. The highest BCUT2D eigenvalue weighted by Gasteiger charge is 2.43.